The molecular weight excluding hydrogens is 377 g/mol. The molecule has 12 heteroatoms. The Morgan fingerprint density at radius 2 is 1.68 bits per heavy atom. The van der Waals surface area contributed by atoms with Crippen LogP contribution in [-0.4, -0.2) is 43.0 Å². The third-order valence-electron chi connectivity index (χ3n) is 3.09. The van der Waals surface area contributed by atoms with Crippen molar-refractivity contribution >= 4 is 21.8 Å². The standard InChI is InChI=1S/C13H14F5NO5S/c1-7-4-3-5-8(2)10(7)19-6-9(20)24-11(12(14,15)16)13(17,18)25(21,22)23/h3-5,11,19H,6H2,1-2H3,(H,21,22,23). The van der Waals surface area contributed by atoms with Gasteiger partial charge in [-0.3, -0.25) is 9.35 Å². The van der Waals surface area contributed by atoms with Gasteiger partial charge in [0.05, 0.1) is 0 Å². The molecule has 142 valence electrons. The predicted molar refractivity (Wildman–Crippen MR) is 76.8 cm³/mol. The molecule has 0 saturated carbocycles. The van der Waals surface area contributed by atoms with Crippen molar-refractivity contribution in [2.45, 2.75) is 31.4 Å². The molecule has 1 aromatic carbocycles. The Bertz CT molecular complexity index is 727. The second-order valence-electron chi connectivity index (χ2n) is 5.07. The predicted octanol–water partition coefficient (Wildman–Crippen LogP) is 2.67. The van der Waals surface area contributed by atoms with Crippen LogP contribution in [-0.2, 0) is 19.6 Å². The highest BCUT2D eigenvalue weighted by Crippen LogP contribution is 2.38. The Hall–Kier alpha value is -1.95. The molecule has 0 saturated heterocycles. The van der Waals surface area contributed by atoms with E-state index in [1.165, 1.54) is 0 Å². The van der Waals surface area contributed by atoms with Crippen LogP contribution in [0.15, 0.2) is 18.2 Å². The zero-order valence-corrected chi connectivity index (χ0v) is 13.7. The minimum absolute atomic E-state index is 0.379. The number of benzene rings is 1. The molecule has 0 heterocycles. The van der Waals surface area contributed by atoms with Crippen molar-refractivity contribution in [3.05, 3.63) is 29.3 Å². The normalized spacial score (nSPS) is 14.1. The van der Waals surface area contributed by atoms with Gasteiger partial charge < -0.3 is 10.1 Å². The van der Waals surface area contributed by atoms with Crippen molar-refractivity contribution in [1.29, 1.82) is 0 Å². The zero-order valence-electron chi connectivity index (χ0n) is 12.9. The fourth-order valence-corrected chi connectivity index (χ4v) is 2.34. The summed E-state index contributed by atoms with van der Waals surface area (Å²) in [5, 5.41) is -3.32. The van der Waals surface area contributed by atoms with Crippen molar-refractivity contribution in [3.63, 3.8) is 0 Å². The number of alkyl halides is 5. The molecule has 1 atom stereocenters. The number of hydrogen-bond donors (Lipinski definition) is 2. The van der Waals surface area contributed by atoms with Crippen LogP contribution in [0.3, 0.4) is 0 Å². The van der Waals surface area contributed by atoms with E-state index >= 15 is 0 Å². The minimum Gasteiger partial charge on any atom is -0.443 e. The molecular formula is C13H14F5NO5S. The van der Waals surface area contributed by atoms with Gasteiger partial charge in [-0.2, -0.15) is 30.4 Å². The summed E-state index contributed by atoms with van der Waals surface area (Å²) in [6.07, 6.45) is -10.3. The molecule has 25 heavy (non-hydrogen) atoms. The Morgan fingerprint density at radius 3 is 2.08 bits per heavy atom. The maximum absolute atomic E-state index is 13.3. The average molecular weight is 391 g/mol. The number of nitrogens with one attached hydrogen (secondary N) is 1. The van der Waals surface area contributed by atoms with Crippen molar-refractivity contribution < 1.29 is 44.5 Å². The summed E-state index contributed by atoms with van der Waals surface area (Å²) in [6.45, 7) is 2.33. The first-order valence-electron chi connectivity index (χ1n) is 6.59. The van der Waals surface area contributed by atoms with Crippen LogP contribution in [0.5, 0.6) is 0 Å². The minimum atomic E-state index is -6.46. The van der Waals surface area contributed by atoms with Crippen LogP contribution in [0.25, 0.3) is 0 Å². The van der Waals surface area contributed by atoms with E-state index in [9.17, 15) is 35.2 Å². The molecule has 0 fully saturated rings. The summed E-state index contributed by atoms with van der Waals surface area (Å²) < 4.78 is 97.4. The molecule has 0 aliphatic rings. The number of para-hydroxylation sites is 1. The second kappa shape index (κ2) is 7.12. The number of carbonyl (C=O) groups excluding carboxylic acids is 1. The van der Waals surface area contributed by atoms with Gasteiger partial charge in [0.25, 0.3) is 6.10 Å². The lowest BCUT2D eigenvalue weighted by atomic mass is 10.1. The van der Waals surface area contributed by atoms with Crippen LogP contribution in [0, 0.1) is 13.8 Å². The number of halogens is 5. The van der Waals surface area contributed by atoms with Gasteiger partial charge in [0, 0.05) is 5.69 Å². The topological polar surface area (TPSA) is 92.7 Å². The summed E-state index contributed by atoms with van der Waals surface area (Å²) >= 11 is 0. The first-order valence-corrected chi connectivity index (χ1v) is 8.03. The van der Waals surface area contributed by atoms with Gasteiger partial charge in [0.1, 0.15) is 6.54 Å². The monoisotopic (exact) mass is 391 g/mol. The van der Waals surface area contributed by atoms with E-state index in [4.69, 9.17) is 4.55 Å². The van der Waals surface area contributed by atoms with Crippen molar-refractivity contribution in [1.82, 2.24) is 0 Å². The van der Waals surface area contributed by atoms with E-state index in [0.717, 1.165) is 0 Å². The lowest BCUT2D eigenvalue weighted by Crippen LogP contribution is -2.52. The summed E-state index contributed by atoms with van der Waals surface area (Å²) in [4.78, 5) is 11.5. The molecule has 1 aromatic rings. The number of carbonyl (C=O) groups is 1. The lowest BCUT2D eigenvalue weighted by molar-refractivity contribution is -0.258. The van der Waals surface area contributed by atoms with Crippen LogP contribution >= 0.6 is 0 Å². The second-order valence-corrected chi connectivity index (χ2v) is 6.56. The Balaban J connectivity index is 2.94. The van der Waals surface area contributed by atoms with E-state index in [-0.39, 0.29) is 0 Å². The molecule has 0 aliphatic carbocycles. The zero-order chi connectivity index (χ0) is 19.6. The van der Waals surface area contributed by atoms with Gasteiger partial charge in [0.2, 0.25) is 0 Å². The van der Waals surface area contributed by atoms with Crippen LogP contribution in [0.4, 0.5) is 27.6 Å². The molecule has 6 nitrogen and oxygen atoms in total. The SMILES string of the molecule is Cc1cccc(C)c1NCC(=O)OC(C(F)(F)F)C(F)(F)S(=O)(=O)O. The fourth-order valence-electron chi connectivity index (χ4n) is 1.89. The van der Waals surface area contributed by atoms with E-state index in [1.54, 1.807) is 32.0 Å². The van der Waals surface area contributed by atoms with Crippen LogP contribution < -0.4 is 5.32 Å². The Kier molecular flexibility index (Phi) is 6.01. The number of ether oxygens (including phenoxy) is 1. The Labute approximate surface area is 139 Å². The lowest BCUT2D eigenvalue weighted by Gasteiger charge is -2.26. The fraction of sp³-hybridized carbons (Fsp3) is 0.462. The number of aryl methyl sites for hydroxylation is 2. The molecule has 0 bridgehead atoms. The van der Waals surface area contributed by atoms with Gasteiger partial charge in [-0.15, -0.1) is 0 Å². The highest BCUT2D eigenvalue weighted by Gasteiger charge is 2.66. The highest BCUT2D eigenvalue weighted by molar-refractivity contribution is 7.86. The Morgan fingerprint density at radius 1 is 1.20 bits per heavy atom. The summed E-state index contributed by atoms with van der Waals surface area (Å²) in [7, 11) is -6.46. The van der Waals surface area contributed by atoms with E-state index in [1.807, 2.05) is 0 Å². The van der Waals surface area contributed by atoms with Gasteiger partial charge in [-0.1, -0.05) is 18.2 Å². The van der Waals surface area contributed by atoms with Crippen molar-refractivity contribution in [2.24, 2.45) is 0 Å². The molecule has 1 unspecified atom stereocenters. The number of rotatable bonds is 6. The summed E-state index contributed by atoms with van der Waals surface area (Å²) in [5.74, 6) is -1.78. The van der Waals surface area contributed by atoms with Gasteiger partial charge in [-0.25, -0.2) is 0 Å². The first-order chi connectivity index (χ1) is 11.2. The number of hydrogen-bond acceptors (Lipinski definition) is 5. The average Bonchev–Trinajstić information content (AvgIpc) is 2.41. The highest BCUT2D eigenvalue weighted by atomic mass is 32.2. The maximum Gasteiger partial charge on any atom is 0.432 e. The molecule has 0 amide bonds. The van der Waals surface area contributed by atoms with Crippen molar-refractivity contribution in [2.75, 3.05) is 11.9 Å². The molecule has 0 aromatic heterocycles. The quantitative estimate of drug-likeness (QED) is 0.440. The summed E-state index contributed by atoms with van der Waals surface area (Å²) in [5.41, 5.74) is 1.64. The van der Waals surface area contributed by atoms with E-state index in [0.29, 0.717) is 16.8 Å². The molecule has 2 N–H and O–H groups in total. The molecule has 0 spiro atoms. The molecule has 0 radical (unpaired) electrons. The van der Waals surface area contributed by atoms with Gasteiger partial charge in [-0.05, 0) is 25.0 Å². The smallest absolute Gasteiger partial charge is 0.432 e. The van der Waals surface area contributed by atoms with Crippen molar-refractivity contribution in [3.8, 4) is 0 Å². The maximum atomic E-state index is 13.3. The third kappa shape index (κ3) is 5.01. The first kappa shape index (κ1) is 21.1. The van der Waals surface area contributed by atoms with Gasteiger partial charge in [0.15, 0.2) is 0 Å². The molecule has 0 aliphatic heterocycles. The largest absolute Gasteiger partial charge is 0.443 e. The summed E-state index contributed by atoms with van der Waals surface area (Å²) in [6, 6.07) is 4.94. The van der Waals surface area contributed by atoms with E-state index in [2.05, 4.69) is 10.1 Å². The van der Waals surface area contributed by atoms with Crippen LogP contribution in [0.1, 0.15) is 11.1 Å². The van der Waals surface area contributed by atoms with Gasteiger partial charge >= 0.3 is 27.5 Å². The third-order valence-corrected chi connectivity index (χ3v) is 3.99. The number of anilines is 1. The van der Waals surface area contributed by atoms with E-state index < -0.39 is 40.2 Å². The molecule has 1 rings (SSSR count). The number of esters is 1. The van der Waals surface area contributed by atoms with Crippen LogP contribution in [0.2, 0.25) is 0 Å².